The Morgan fingerprint density at radius 3 is 2.73 bits per heavy atom. The van der Waals surface area contributed by atoms with Crippen molar-refractivity contribution >= 4 is 21.7 Å². The number of carbonyl (C=O) groups excluding carboxylic acids is 1. The normalized spacial score (nSPS) is 10.1. The van der Waals surface area contributed by atoms with E-state index in [0.29, 0.717) is 6.54 Å². The maximum atomic E-state index is 11.7. The number of benzene rings is 1. The van der Waals surface area contributed by atoms with Crippen LogP contribution < -0.4 is 10.1 Å². The number of hydrogen-bond donors (Lipinski definition) is 1. The van der Waals surface area contributed by atoms with E-state index in [9.17, 15) is 4.79 Å². The SMILES string of the molecule is CNCC(=O)c1ccc(OC)c(Br)c1C. The lowest BCUT2D eigenvalue weighted by molar-refractivity contribution is 0.0993. The van der Waals surface area contributed by atoms with E-state index in [4.69, 9.17) is 4.74 Å². The van der Waals surface area contributed by atoms with Crippen LogP contribution in [-0.4, -0.2) is 26.5 Å². The lowest BCUT2D eigenvalue weighted by atomic mass is 10.0. The van der Waals surface area contributed by atoms with Crippen LogP contribution in [0.15, 0.2) is 16.6 Å². The van der Waals surface area contributed by atoms with Gasteiger partial charge in [0.05, 0.1) is 18.1 Å². The summed E-state index contributed by atoms with van der Waals surface area (Å²) in [5.41, 5.74) is 1.63. The van der Waals surface area contributed by atoms with Gasteiger partial charge < -0.3 is 10.1 Å². The fourth-order valence-corrected chi connectivity index (χ4v) is 1.88. The molecule has 15 heavy (non-hydrogen) atoms. The molecule has 0 saturated heterocycles. The molecule has 0 bridgehead atoms. The molecule has 0 aliphatic heterocycles. The molecular formula is C11H14BrNO2. The van der Waals surface area contributed by atoms with Gasteiger partial charge in [-0.1, -0.05) is 0 Å². The Labute approximate surface area is 97.9 Å². The summed E-state index contributed by atoms with van der Waals surface area (Å²) in [4.78, 5) is 11.7. The van der Waals surface area contributed by atoms with Crippen LogP contribution >= 0.6 is 15.9 Å². The van der Waals surface area contributed by atoms with Crippen molar-refractivity contribution in [3.63, 3.8) is 0 Å². The number of methoxy groups -OCH3 is 1. The standard InChI is InChI=1S/C11H14BrNO2/c1-7-8(9(14)6-13-2)4-5-10(15-3)11(7)12/h4-5,13H,6H2,1-3H3. The third kappa shape index (κ3) is 2.58. The van der Waals surface area contributed by atoms with Gasteiger partial charge in [-0.25, -0.2) is 0 Å². The van der Waals surface area contributed by atoms with Gasteiger partial charge in [0.1, 0.15) is 5.75 Å². The van der Waals surface area contributed by atoms with Crippen LogP contribution in [0.25, 0.3) is 0 Å². The molecule has 0 radical (unpaired) electrons. The lowest BCUT2D eigenvalue weighted by Gasteiger charge is -2.10. The molecule has 4 heteroatoms. The largest absolute Gasteiger partial charge is 0.496 e. The third-order valence-corrected chi connectivity index (χ3v) is 3.19. The maximum absolute atomic E-state index is 11.7. The zero-order valence-corrected chi connectivity index (χ0v) is 10.6. The minimum absolute atomic E-state index is 0.0818. The molecule has 0 heterocycles. The van der Waals surface area contributed by atoms with Crippen molar-refractivity contribution in [1.82, 2.24) is 5.32 Å². The number of halogens is 1. The summed E-state index contributed by atoms with van der Waals surface area (Å²) in [6.07, 6.45) is 0. The van der Waals surface area contributed by atoms with Crippen LogP contribution in [0.4, 0.5) is 0 Å². The topological polar surface area (TPSA) is 38.3 Å². The number of hydrogen-bond acceptors (Lipinski definition) is 3. The molecule has 1 aromatic rings. The predicted octanol–water partition coefficient (Wildman–Crippen LogP) is 2.17. The molecule has 1 N–H and O–H groups in total. The van der Waals surface area contributed by atoms with E-state index < -0.39 is 0 Å². The Bertz CT molecular complexity index is 377. The highest BCUT2D eigenvalue weighted by Gasteiger charge is 2.13. The molecule has 0 unspecified atom stereocenters. The monoisotopic (exact) mass is 271 g/mol. The second-order valence-electron chi connectivity index (χ2n) is 3.21. The van der Waals surface area contributed by atoms with Crippen LogP contribution in [0.5, 0.6) is 5.75 Å². The minimum atomic E-state index is 0.0818. The Balaban J connectivity index is 3.11. The molecule has 1 aromatic carbocycles. The molecule has 0 spiro atoms. The molecule has 82 valence electrons. The van der Waals surface area contributed by atoms with E-state index in [1.54, 1.807) is 26.3 Å². The van der Waals surface area contributed by atoms with Crippen molar-refractivity contribution in [3.8, 4) is 5.75 Å². The fraction of sp³-hybridized carbons (Fsp3) is 0.364. The number of nitrogens with one attached hydrogen (secondary N) is 1. The summed E-state index contributed by atoms with van der Waals surface area (Å²) in [6, 6.07) is 3.58. The highest BCUT2D eigenvalue weighted by atomic mass is 79.9. The average molecular weight is 272 g/mol. The van der Waals surface area contributed by atoms with E-state index >= 15 is 0 Å². The maximum Gasteiger partial charge on any atom is 0.176 e. The first kappa shape index (κ1) is 12.2. The molecule has 0 aliphatic carbocycles. The molecular weight excluding hydrogens is 258 g/mol. The van der Waals surface area contributed by atoms with E-state index in [1.807, 2.05) is 6.92 Å². The number of ketones is 1. The van der Waals surface area contributed by atoms with Gasteiger partial charge in [-0.05, 0) is 47.6 Å². The van der Waals surface area contributed by atoms with Crippen molar-refractivity contribution in [2.45, 2.75) is 6.92 Å². The Hall–Kier alpha value is -0.870. The Kier molecular flexibility index (Phi) is 4.29. The third-order valence-electron chi connectivity index (χ3n) is 2.21. The summed E-state index contributed by atoms with van der Waals surface area (Å²) >= 11 is 3.41. The summed E-state index contributed by atoms with van der Waals surface area (Å²) in [5.74, 6) is 0.826. The van der Waals surface area contributed by atoms with Gasteiger partial charge in [-0.2, -0.15) is 0 Å². The second-order valence-corrected chi connectivity index (χ2v) is 4.00. The van der Waals surface area contributed by atoms with Crippen molar-refractivity contribution in [2.24, 2.45) is 0 Å². The molecule has 0 aromatic heterocycles. The molecule has 3 nitrogen and oxygen atoms in total. The Morgan fingerprint density at radius 2 is 2.20 bits per heavy atom. The summed E-state index contributed by atoms with van der Waals surface area (Å²) in [7, 11) is 3.36. The molecule has 0 fully saturated rings. The van der Waals surface area contributed by atoms with E-state index in [-0.39, 0.29) is 5.78 Å². The van der Waals surface area contributed by atoms with E-state index in [0.717, 1.165) is 21.3 Å². The quantitative estimate of drug-likeness (QED) is 0.854. The van der Waals surface area contributed by atoms with Crippen LogP contribution in [-0.2, 0) is 0 Å². The van der Waals surface area contributed by atoms with Gasteiger partial charge in [0.15, 0.2) is 5.78 Å². The molecule has 0 amide bonds. The summed E-state index contributed by atoms with van der Waals surface area (Å²) < 4.78 is 5.99. The lowest BCUT2D eigenvalue weighted by Crippen LogP contribution is -2.19. The zero-order chi connectivity index (χ0) is 11.4. The highest BCUT2D eigenvalue weighted by molar-refractivity contribution is 9.10. The smallest absolute Gasteiger partial charge is 0.176 e. The first-order chi connectivity index (χ1) is 7.11. The fourth-order valence-electron chi connectivity index (χ4n) is 1.38. The zero-order valence-electron chi connectivity index (χ0n) is 9.06. The van der Waals surface area contributed by atoms with E-state index in [2.05, 4.69) is 21.2 Å². The second kappa shape index (κ2) is 5.28. The van der Waals surface area contributed by atoms with Crippen LogP contribution in [0.3, 0.4) is 0 Å². The van der Waals surface area contributed by atoms with Crippen LogP contribution in [0.2, 0.25) is 0 Å². The first-order valence-electron chi connectivity index (χ1n) is 4.62. The number of ether oxygens (including phenoxy) is 1. The average Bonchev–Trinajstić information content (AvgIpc) is 2.22. The number of Topliss-reactive ketones (excluding diaryl/α,β-unsaturated/α-hetero) is 1. The van der Waals surface area contributed by atoms with Gasteiger partial charge >= 0.3 is 0 Å². The van der Waals surface area contributed by atoms with Crippen LogP contribution in [0, 0.1) is 6.92 Å². The van der Waals surface area contributed by atoms with Crippen molar-refractivity contribution in [3.05, 3.63) is 27.7 Å². The highest BCUT2D eigenvalue weighted by Crippen LogP contribution is 2.30. The van der Waals surface area contributed by atoms with Gasteiger partial charge in [0, 0.05) is 5.56 Å². The minimum Gasteiger partial charge on any atom is -0.496 e. The number of carbonyl (C=O) groups is 1. The molecule has 0 aliphatic rings. The summed E-state index contributed by atoms with van der Waals surface area (Å²) in [6.45, 7) is 2.25. The summed E-state index contributed by atoms with van der Waals surface area (Å²) in [5, 5.41) is 2.85. The molecule has 0 saturated carbocycles. The van der Waals surface area contributed by atoms with Gasteiger partial charge in [-0.15, -0.1) is 0 Å². The van der Waals surface area contributed by atoms with Crippen molar-refractivity contribution < 1.29 is 9.53 Å². The van der Waals surface area contributed by atoms with Crippen molar-refractivity contribution in [1.29, 1.82) is 0 Å². The first-order valence-corrected chi connectivity index (χ1v) is 5.42. The number of rotatable bonds is 4. The van der Waals surface area contributed by atoms with Crippen molar-refractivity contribution in [2.75, 3.05) is 20.7 Å². The van der Waals surface area contributed by atoms with Gasteiger partial charge in [0.25, 0.3) is 0 Å². The van der Waals surface area contributed by atoms with Gasteiger partial charge in [0.2, 0.25) is 0 Å². The predicted molar refractivity (Wildman–Crippen MR) is 63.7 cm³/mol. The van der Waals surface area contributed by atoms with E-state index in [1.165, 1.54) is 0 Å². The number of likely N-dealkylation sites (N-methyl/N-ethyl adjacent to an activating group) is 1. The van der Waals surface area contributed by atoms with Crippen LogP contribution in [0.1, 0.15) is 15.9 Å². The Morgan fingerprint density at radius 1 is 1.53 bits per heavy atom. The molecule has 1 rings (SSSR count). The van der Waals surface area contributed by atoms with Gasteiger partial charge in [-0.3, -0.25) is 4.79 Å². The molecule has 0 atom stereocenters.